The number of hydrogen-bond donors (Lipinski definition) is 2. The summed E-state index contributed by atoms with van der Waals surface area (Å²) in [4.78, 5) is 12.0. The maximum atomic E-state index is 13.4. The highest BCUT2D eigenvalue weighted by Gasteiger charge is 2.32. The van der Waals surface area contributed by atoms with Gasteiger partial charge in [0.25, 0.3) is 0 Å². The van der Waals surface area contributed by atoms with Crippen LogP contribution in [0.5, 0.6) is 0 Å². The molecule has 0 aliphatic heterocycles. The molecule has 0 spiro atoms. The van der Waals surface area contributed by atoms with Crippen molar-refractivity contribution in [2.45, 2.75) is 19.3 Å². The van der Waals surface area contributed by atoms with Crippen LogP contribution in [-0.4, -0.2) is 12.5 Å². The molecule has 1 saturated carbocycles. The van der Waals surface area contributed by atoms with Gasteiger partial charge in [0.1, 0.15) is 11.6 Å². The largest absolute Gasteiger partial charge is 0.330 e. The van der Waals surface area contributed by atoms with E-state index in [9.17, 15) is 13.6 Å². The van der Waals surface area contributed by atoms with Crippen molar-refractivity contribution in [3.8, 4) is 0 Å². The fourth-order valence-electron chi connectivity index (χ4n) is 2.48. The highest BCUT2D eigenvalue weighted by molar-refractivity contribution is 5.93. The Kier molecular flexibility index (Phi) is 5.69. The number of carbonyl (C=O) groups excluding carboxylic acids is 1. The molecule has 1 aromatic rings. The van der Waals surface area contributed by atoms with Gasteiger partial charge in [-0.2, -0.15) is 0 Å². The van der Waals surface area contributed by atoms with Crippen LogP contribution in [0.2, 0.25) is 0 Å². The summed E-state index contributed by atoms with van der Waals surface area (Å²) in [6, 6.07) is 3.10. The Bertz CT molecular complexity index is 456. The molecule has 6 heteroatoms. The highest BCUT2D eigenvalue weighted by atomic mass is 35.5. The zero-order valence-corrected chi connectivity index (χ0v) is 11.2. The number of benzene rings is 1. The van der Waals surface area contributed by atoms with E-state index in [0.29, 0.717) is 6.54 Å². The molecular weight excluding hydrogens is 274 g/mol. The highest BCUT2D eigenvalue weighted by Crippen LogP contribution is 2.32. The zero-order chi connectivity index (χ0) is 13.1. The van der Waals surface area contributed by atoms with Gasteiger partial charge in [0.05, 0.1) is 5.69 Å². The number of hydrogen-bond acceptors (Lipinski definition) is 2. The molecule has 1 aliphatic carbocycles. The Labute approximate surface area is 117 Å². The van der Waals surface area contributed by atoms with E-state index in [-0.39, 0.29) is 35.8 Å². The van der Waals surface area contributed by atoms with E-state index in [0.717, 1.165) is 31.4 Å². The van der Waals surface area contributed by atoms with Crippen molar-refractivity contribution in [3.05, 3.63) is 29.8 Å². The molecular formula is C13H17ClF2N2O. The van der Waals surface area contributed by atoms with Crippen LogP contribution >= 0.6 is 12.4 Å². The van der Waals surface area contributed by atoms with Crippen LogP contribution in [-0.2, 0) is 4.79 Å². The number of anilines is 1. The second-order valence-corrected chi connectivity index (χ2v) is 4.65. The SMILES string of the molecule is Cl.NC[C@H]1CCC[C@H]1C(=O)Nc1ccc(F)cc1F. The van der Waals surface area contributed by atoms with Gasteiger partial charge >= 0.3 is 0 Å². The second kappa shape index (κ2) is 6.82. The lowest BCUT2D eigenvalue weighted by molar-refractivity contribution is -0.120. The third kappa shape index (κ3) is 3.64. The summed E-state index contributed by atoms with van der Waals surface area (Å²) in [5, 5.41) is 2.51. The van der Waals surface area contributed by atoms with Gasteiger partial charge in [-0.15, -0.1) is 12.4 Å². The summed E-state index contributed by atoms with van der Waals surface area (Å²) in [7, 11) is 0. The first-order chi connectivity index (χ1) is 8.61. The molecule has 0 radical (unpaired) electrons. The topological polar surface area (TPSA) is 55.1 Å². The van der Waals surface area contributed by atoms with Crippen LogP contribution < -0.4 is 11.1 Å². The van der Waals surface area contributed by atoms with Crippen molar-refractivity contribution >= 4 is 24.0 Å². The number of nitrogens with one attached hydrogen (secondary N) is 1. The molecule has 19 heavy (non-hydrogen) atoms. The van der Waals surface area contributed by atoms with Gasteiger partial charge in [0.2, 0.25) is 5.91 Å². The van der Waals surface area contributed by atoms with E-state index < -0.39 is 11.6 Å². The molecule has 2 atom stereocenters. The lowest BCUT2D eigenvalue weighted by Crippen LogP contribution is -2.30. The molecule has 0 saturated heterocycles. The number of nitrogens with two attached hydrogens (primary N) is 1. The van der Waals surface area contributed by atoms with Crippen molar-refractivity contribution in [1.29, 1.82) is 0 Å². The minimum Gasteiger partial charge on any atom is -0.330 e. The molecule has 0 bridgehead atoms. The summed E-state index contributed by atoms with van der Waals surface area (Å²) in [6.07, 6.45) is 2.67. The minimum absolute atomic E-state index is 0. The van der Waals surface area contributed by atoms with Gasteiger partial charge < -0.3 is 11.1 Å². The lowest BCUT2D eigenvalue weighted by atomic mass is 9.95. The number of rotatable bonds is 3. The van der Waals surface area contributed by atoms with Gasteiger partial charge in [0.15, 0.2) is 0 Å². The lowest BCUT2D eigenvalue weighted by Gasteiger charge is -2.17. The van der Waals surface area contributed by atoms with Gasteiger partial charge in [0, 0.05) is 12.0 Å². The fourth-order valence-corrected chi connectivity index (χ4v) is 2.48. The van der Waals surface area contributed by atoms with Crippen molar-refractivity contribution in [1.82, 2.24) is 0 Å². The third-order valence-corrected chi connectivity index (χ3v) is 3.49. The Hall–Kier alpha value is -1.20. The average Bonchev–Trinajstić information content (AvgIpc) is 2.81. The minimum atomic E-state index is -0.759. The molecule has 0 heterocycles. The average molecular weight is 291 g/mol. The van der Waals surface area contributed by atoms with E-state index in [1.165, 1.54) is 6.07 Å². The Morgan fingerprint density at radius 3 is 2.74 bits per heavy atom. The van der Waals surface area contributed by atoms with Crippen LogP contribution in [0.15, 0.2) is 18.2 Å². The summed E-state index contributed by atoms with van der Waals surface area (Å²) in [6.45, 7) is 0.462. The number of halogens is 3. The normalized spacial score (nSPS) is 21.8. The Morgan fingerprint density at radius 1 is 1.37 bits per heavy atom. The second-order valence-electron chi connectivity index (χ2n) is 4.65. The number of carbonyl (C=O) groups is 1. The van der Waals surface area contributed by atoms with Crippen molar-refractivity contribution in [3.63, 3.8) is 0 Å². The summed E-state index contributed by atoms with van der Waals surface area (Å²) in [5.41, 5.74) is 5.62. The van der Waals surface area contributed by atoms with Crippen LogP contribution in [0.1, 0.15) is 19.3 Å². The zero-order valence-electron chi connectivity index (χ0n) is 10.4. The quantitative estimate of drug-likeness (QED) is 0.899. The molecule has 3 nitrogen and oxygen atoms in total. The molecule has 0 aromatic heterocycles. The summed E-state index contributed by atoms with van der Waals surface area (Å²) < 4.78 is 26.1. The Morgan fingerprint density at radius 2 is 2.11 bits per heavy atom. The fraction of sp³-hybridized carbons (Fsp3) is 0.462. The molecule has 106 valence electrons. The summed E-state index contributed by atoms with van der Waals surface area (Å²) in [5.74, 6) is -1.65. The predicted octanol–water partition coefficient (Wildman–Crippen LogP) is 2.70. The van der Waals surface area contributed by atoms with Crippen molar-refractivity contribution in [2.75, 3.05) is 11.9 Å². The van der Waals surface area contributed by atoms with Crippen LogP contribution in [0, 0.1) is 23.5 Å². The maximum absolute atomic E-state index is 13.4. The molecule has 1 aliphatic rings. The summed E-state index contributed by atoms with van der Waals surface area (Å²) >= 11 is 0. The molecule has 2 rings (SSSR count). The molecule has 3 N–H and O–H groups in total. The molecule has 1 fully saturated rings. The first-order valence-electron chi connectivity index (χ1n) is 6.08. The van der Waals surface area contributed by atoms with E-state index in [1.54, 1.807) is 0 Å². The molecule has 1 aromatic carbocycles. The predicted molar refractivity (Wildman–Crippen MR) is 72.1 cm³/mol. The first-order valence-corrected chi connectivity index (χ1v) is 6.08. The van der Waals surface area contributed by atoms with E-state index in [1.807, 2.05) is 0 Å². The van der Waals surface area contributed by atoms with Gasteiger partial charge in [-0.05, 0) is 37.4 Å². The van der Waals surface area contributed by atoms with Crippen molar-refractivity contribution in [2.24, 2.45) is 17.6 Å². The van der Waals surface area contributed by atoms with Crippen LogP contribution in [0.4, 0.5) is 14.5 Å². The first kappa shape index (κ1) is 15.9. The van der Waals surface area contributed by atoms with Gasteiger partial charge in [-0.1, -0.05) is 6.42 Å². The van der Waals surface area contributed by atoms with E-state index in [4.69, 9.17) is 5.73 Å². The standard InChI is InChI=1S/C13H16F2N2O.ClH/c14-9-4-5-12(11(15)6-9)17-13(18)10-3-1-2-8(10)7-16;/h4-6,8,10H,1-3,7,16H2,(H,17,18);1H/t8-,10-;/m1./s1. The van der Waals surface area contributed by atoms with Gasteiger partial charge in [-0.25, -0.2) is 8.78 Å². The van der Waals surface area contributed by atoms with E-state index >= 15 is 0 Å². The maximum Gasteiger partial charge on any atom is 0.227 e. The van der Waals surface area contributed by atoms with Gasteiger partial charge in [-0.3, -0.25) is 4.79 Å². The molecule has 1 amide bonds. The smallest absolute Gasteiger partial charge is 0.227 e. The Balaban J connectivity index is 0.00000180. The van der Waals surface area contributed by atoms with Crippen LogP contribution in [0.25, 0.3) is 0 Å². The number of amides is 1. The monoisotopic (exact) mass is 290 g/mol. The van der Waals surface area contributed by atoms with Crippen LogP contribution in [0.3, 0.4) is 0 Å². The van der Waals surface area contributed by atoms with Crippen molar-refractivity contribution < 1.29 is 13.6 Å². The molecule has 0 unspecified atom stereocenters. The third-order valence-electron chi connectivity index (χ3n) is 3.49. The van der Waals surface area contributed by atoms with E-state index in [2.05, 4.69) is 5.32 Å².